The summed E-state index contributed by atoms with van der Waals surface area (Å²) in [7, 11) is 0. The van der Waals surface area contributed by atoms with Gasteiger partial charge in [0, 0.05) is 26.2 Å². The molecule has 0 unspecified atom stereocenters. The summed E-state index contributed by atoms with van der Waals surface area (Å²) in [4.78, 5) is 33.3. The van der Waals surface area contributed by atoms with Gasteiger partial charge in [-0.1, -0.05) is 72.8 Å². The highest BCUT2D eigenvalue weighted by Gasteiger charge is 2.29. The topological polar surface area (TPSA) is 76.5 Å². The number of benzene rings is 3. The van der Waals surface area contributed by atoms with E-state index in [1.807, 2.05) is 65.6 Å². The van der Waals surface area contributed by atoms with E-state index in [2.05, 4.69) is 10.3 Å². The Morgan fingerprint density at radius 2 is 1.56 bits per heavy atom. The molecule has 8 heteroatoms. The molecule has 36 heavy (non-hydrogen) atoms. The highest BCUT2D eigenvalue weighted by molar-refractivity contribution is 5.95. The van der Waals surface area contributed by atoms with E-state index in [0.717, 1.165) is 16.7 Å². The number of anilines is 1. The Morgan fingerprint density at radius 1 is 0.889 bits per heavy atom. The fourth-order valence-electron chi connectivity index (χ4n) is 4.13. The maximum absolute atomic E-state index is 13.5. The Kier molecular flexibility index (Phi) is 6.75. The molecule has 0 fully saturated rings. The lowest BCUT2D eigenvalue weighted by atomic mass is 10.2. The quantitative estimate of drug-likeness (QED) is 0.410. The first-order chi connectivity index (χ1) is 17.6. The summed E-state index contributed by atoms with van der Waals surface area (Å²) in [5.41, 5.74) is 2.21. The molecule has 1 amide bonds. The Labute approximate surface area is 207 Å². The molecule has 0 saturated heterocycles. The number of carbonyl (C=O) groups is 1. The predicted octanol–water partition coefficient (Wildman–Crippen LogP) is 3.91. The van der Waals surface area contributed by atoms with Crippen molar-refractivity contribution in [3.8, 4) is 5.75 Å². The standard InChI is InChI=1S/C28H25FN4O3/c29-23-13-11-20(12-14-23)17-30-26(34)24-25(36-19-22-9-5-2-6-10-22)27(35)33-16-15-32(28(33)31-24)18-21-7-3-1-4-8-21/h1-14H,15-19H2,(H,30,34). The molecule has 5 rings (SSSR count). The van der Waals surface area contributed by atoms with Gasteiger partial charge in [0.05, 0.1) is 0 Å². The third kappa shape index (κ3) is 5.12. The Balaban J connectivity index is 1.45. The number of nitrogens with one attached hydrogen (secondary N) is 1. The highest BCUT2D eigenvalue weighted by atomic mass is 19.1. The lowest BCUT2D eigenvalue weighted by molar-refractivity contribution is 0.0940. The number of nitrogens with zero attached hydrogens (tertiary/aromatic N) is 3. The molecular formula is C28H25FN4O3. The van der Waals surface area contributed by atoms with Gasteiger partial charge in [0.1, 0.15) is 12.4 Å². The number of hydrogen-bond donors (Lipinski definition) is 1. The van der Waals surface area contributed by atoms with Crippen LogP contribution in [0.5, 0.6) is 5.75 Å². The summed E-state index contributed by atoms with van der Waals surface area (Å²) in [6, 6.07) is 25.1. The average molecular weight is 485 g/mol. The van der Waals surface area contributed by atoms with Crippen molar-refractivity contribution in [2.45, 2.75) is 26.2 Å². The summed E-state index contributed by atoms with van der Waals surface area (Å²) >= 11 is 0. The van der Waals surface area contributed by atoms with E-state index in [4.69, 9.17) is 4.74 Å². The minimum atomic E-state index is -0.533. The summed E-state index contributed by atoms with van der Waals surface area (Å²) in [6.45, 7) is 1.89. The molecular weight excluding hydrogens is 459 g/mol. The van der Waals surface area contributed by atoms with E-state index in [-0.39, 0.29) is 30.4 Å². The van der Waals surface area contributed by atoms with Crippen LogP contribution >= 0.6 is 0 Å². The van der Waals surface area contributed by atoms with Gasteiger partial charge in [-0.3, -0.25) is 14.2 Å². The maximum Gasteiger partial charge on any atom is 0.298 e. The van der Waals surface area contributed by atoms with Crippen molar-refractivity contribution in [2.75, 3.05) is 11.4 Å². The van der Waals surface area contributed by atoms with E-state index in [0.29, 0.717) is 25.6 Å². The Hall–Kier alpha value is -4.46. The summed E-state index contributed by atoms with van der Waals surface area (Å²) in [5, 5.41) is 2.79. The van der Waals surface area contributed by atoms with Gasteiger partial charge in [0.25, 0.3) is 11.5 Å². The zero-order valence-electron chi connectivity index (χ0n) is 19.6. The highest BCUT2D eigenvalue weighted by Crippen LogP contribution is 2.24. The van der Waals surface area contributed by atoms with Gasteiger partial charge >= 0.3 is 0 Å². The van der Waals surface area contributed by atoms with Crippen LogP contribution in [0, 0.1) is 5.82 Å². The molecule has 182 valence electrons. The molecule has 4 aromatic rings. The van der Waals surface area contributed by atoms with Crippen LogP contribution in [0.4, 0.5) is 10.3 Å². The van der Waals surface area contributed by atoms with Crippen LogP contribution in [-0.2, 0) is 26.2 Å². The van der Waals surface area contributed by atoms with E-state index < -0.39 is 11.5 Å². The summed E-state index contributed by atoms with van der Waals surface area (Å²) in [6.07, 6.45) is 0. The first-order valence-electron chi connectivity index (χ1n) is 11.7. The minimum absolute atomic E-state index is 0.0655. The van der Waals surface area contributed by atoms with Gasteiger partial charge in [-0.2, -0.15) is 0 Å². The monoisotopic (exact) mass is 484 g/mol. The lowest BCUT2D eigenvalue weighted by Crippen LogP contribution is -2.31. The fourth-order valence-corrected chi connectivity index (χ4v) is 4.13. The molecule has 1 aliphatic rings. The zero-order valence-corrected chi connectivity index (χ0v) is 19.6. The molecule has 0 saturated carbocycles. The van der Waals surface area contributed by atoms with Crippen molar-refractivity contribution in [1.29, 1.82) is 0 Å². The summed E-state index contributed by atoms with van der Waals surface area (Å²) in [5.74, 6) is -0.536. The molecule has 0 bridgehead atoms. The molecule has 0 aliphatic carbocycles. The third-order valence-corrected chi connectivity index (χ3v) is 6.01. The first-order valence-corrected chi connectivity index (χ1v) is 11.7. The van der Waals surface area contributed by atoms with E-state index in [1.54, 1.807) is 16.7 Å². The van der Waals surface area contributed by atoms with Crippen LogP contribution in [0.2, 0.25) is 0 Å². The van der Waals surface area contributed by atoms with Crippen LogP contribution < -0.4 is 20.5 Å². The van der Waals surface area contributed by atoms with E-state index in [9.17, 15) is 14.0 Å². The van der Waals surface area contributed by atoms with Gasteiger partial charge in [-0.05, 0) is 28.8 Å². The average Bonchev–Trinajstić information content (AvgIpc) is 3.31. The molecule has 0 radical (unpaired) electrons. The lowest BCUT2D eigenvalue weighted by Gasteiger charge is -2.19. The second-order valence-electron chi connectivity index (χ2n) is 8.54. The van der Waals surface area contributed by atoms with Gasteiger partial charge in [-0.15, -0.1) is 0 Å². The first kappa shape index (κ1) is 23.3. The van der Waals surface area contributed by atoms with Gasteiger partial charge in [0.15, 0.2) is 5.69 Å². The van der Waals surface area contributed by atoms with Crippen molar-refractivity contribution in [3.05, 3.63) is 123 Å². The largest absolute Gasteiger partial charge is 0.481 e. The van der Waals surface area contributed by atoms with Crippen LogP contribution in [0.1, 0.15) is 27.2 Å². The molecule has 1 N–H and O–H groups in total. The number of rotatable bonds is 8. The minimum Gasteiger partial charge on any atom is -0.481 e. The van der Waals surface area contributed by atoms with Crippen molar-refractivity contribution in [2.24, 2.45) is 0 Å². The molecule has 0 atom stereocenters. The molecule has 2 heterocycles. The number of hydrogen-bond acceptors (Lipinski definition) is 5. The fraction of sp³-hybridized carbons (Fsp3) is 0.179. The smallest absolute Gasteiger partial charge is 0.298 e. The van der Waals surface area contributed by atoms with Crippen molar-refractivity contribution >= 4 is 11.9 Å². The number of fused-ring (bicyclic) bond motifs is 1. The molecule has 1 aromatic heterocycles. The van der Waals surface area contributed by atoms with Gasteiger partial charge < -0.3 is 15.0 Å². The number of amides is 1. The van der Waals surface area contributed by atoms with E-state index >= 15 is 0 Å². The van der Waals surface area contributed by atoms with Gasteiger partial charge in [-0.25, -0.2) is 9.37 Å². The predicted molar refractivity (Wildman–Crippen MR) is 134 cm³/mol. The van der Waals surface area contributed by atoms with Crippen molar-refractivity contribution < 1.29 is 13.9 Å². The number of halogens is 1. The second-order valence-corrected chi connectivity index (χ2v) is 8.54. The summed E-state index contributed by atoms with van der Waals surface area (Å²) < 4.78 is 20.7. The van der Waals surface area contributed by atoms with Crippen LogP contribution in [0.15, 0.2) is 89.7 Å². The number of ether oxygens (including phenoxy) is 1. The van der Waals surface area contributed by atoms with E-state index in [1.165, 1.54) is 12.1 Å². The van der Waals surface area contributed by atoms with Crippen molar-refractivity contribution in [3.63, 3.8) is 0 Å². The molecule has 7 nitrogen and oxygen atoms in total. The normalized spacial score (nSPS) is 12.3. The number of carbonyl (C=O) groups excluding carboxylic acids is 1. The molecule has 3 aromatic carbocycles. The maximum atomic E-state index is 13.5. The third-order valence-electron chi connectivity index (χ3n) is 6.01. The van der Waals surface area contributed by atoms with Crippen LogP contribution in [0.3, 0.4) is 0 Å². The van der Waals surface area contributed by atoms with Crippen molar-refractivity contribution in [1.82, 2.24) is 14.9 Å². The number of aromatic nitrogens is 2. The Morgan fingerprint density at radius 3 is 2.25 bits per heavy atom. The van der Waals surface area contributed by atoms with Crippen LogP contribution in [0.25, 0.3) is 0 Å². The zero-order chi connectivity index (χ0) is 24.9. The van der Waals surface area contributed by atoms with Gasteiger partial charge in [0.2, 0.25) is 11.7 Å². The molecule has 1 aliphatic heterocycles. The molecule has 0 spiro atoms. The second kappa shape index (κ2) is 10.4. The SMILES string of the molecule is O=C(NCc1ccc(F)cc1)c1nc2n(c(=O)c1OCc1ccccc1)CCN2Cc1ccccc1. The Bertz CT molecular complexity index is 1410. The van der Waals surface area contributed by atoms with Crippen LogP contribution in [-0.4, -0.2) is 22.0 Å².